The summed E-state index contributed by atoms with van der Waals surface area (Å²) in [4.78, 5) is 10.9. The number of esters is 1. The van der Waals surface area contributed by atoms with Gasteiger partial charge in [-0.05, 0) is 0 Å². The molecule has 6 nitrogen and oxygen atoms in total. The maximum absolute atomic E-state index is 11.9. The third kappa shape index (κ3) is 3.16. The molecule has 1 aliphatic heterocycles. The van der Waals surface area contributed by atoms with Gasteiger partial charge in [0.1, 0.15) is 0 Å². The van der Waals surface area contributed by atoms with E-state index < -0.39 is 16.0 Å². The summed E-state index contributed by atoms with van der Waals surface area (Å²) >= 11 is 0. The Bertz CT molecular complexity index is 337. The number of hydrogen-bond acceptors (Lipinski definition) is 5. The van der Waals surface area contributed by atoms with Crippen LogP contribution in [0, 0.1) is 0 Å². The van der Waals surface area contributed by atoms with E-state index in [0.29, 0.717) is 19.6 Å². The highest BCUT2D eigenvalue weighted by molar-refractivity contribution is 7.89. The van der Waals surface area contributed by atoms with Gasteiger partial charge in [-0.15, -0.1) is 0 Å². The lowest BCUT2D eigenvalue weighted by atomic mass is 10.2. The maximum Gasteiger partial charge on any atom is 0.306 e. The Morgan fingerprint density at radius 1 is 1.50 bits per heavy atom. The maximum atomic E-state index is 11.9. The molecule has 0 aliphatic carbocycles. The zero-order valence-electron chi connectivity index (χ0n) is 9.60. The van der Waals surface area contributed by atoms with Crippen LogP contribution >= 0.6 is 0 Å². The average Bonchev–Trinajstić information content (AvgIpc) is 2.19. The van der Waals surface area contributed by atoms with E-state index in [2.05, 4.69) is 10.1 Å². The molecule has 94 valence electrons. The van der Waals surface area contributed by atoms with Gasteiger partial charge >= 0.3 is 5.97 Å². The van der Waals surface area contributed by atoms with E-state index in [1.165, 1.54) is 11.4 Å². The molecule has 0 amide bonds. The lowest BCUT2D eigenvalue weighted by Gasteiger charge is -2.36. The zero-order valence-corrected chi connectivity index (χ0v) is 10.4. The van der Waals surface area contributed by atoms with Crippen LogP contribution in [0.1, 0.15) is 13.3 Å². The highest BCUT2D eigenvalue weighted by Gasteiger charge is 2.32. The van der Waals surface area contributed by atoms with Gasteiger partial charge in [-0.1, -0.05) is 6.92 Å². The second-order valence-electron chi connectivity index (χ2n) is 3.66. The quantitative estimate of drug-likeness (QED) is 0.623. The van der Waals surface area contributed by atoms with Crippen molar-refractivity contribution in [1.29, 1.82) is 0 Å². The Kier molecular flexibility index (Phi) is 4.69. The summed E-state index contributed by atoms with van der Waals surface area (Å²) in [5.41, 5.74) is 0. The minimum Gasteiger partial charge on any atom is -0.469 e. The summed E-state index contributed by atoms with van der Waals surface area (Å²) < 4.78 is 29.7. The second-order valence-corrected chi connectivity index (χ2v) is 5.70. The molecule has 0 bridgehead atoms. The summed E-state index contributed by atoms with van der Waals surface area (Å²) in [5, 5.41) is 3.03. The normalized spacial score (nSPS) is 17.2. The van der Waals surface area contributed by atoms with Gasteiger partial charge in [0.05, 0.1) is 19.3 Å². The molecule has 1 fully saturated rings. The molecular formula is C9H18N2O4S. The van der Waals surface area contributed by atoms with Crippen LogP contribution in [-0.4, -0.2) is 57.2 Å². The van der Waals surface area contributed by atoms with Crippen molar-refractivity contribution in [2.75, 3.05) is 32.5 Å². The van der Waals surface area contributed by atoms with E-state index in [4.69, 9.17) is 0 Å². The van der Waals surface area contributed by atoms with E-state index in [1.54, 1.807) is 6.92 Å². The summed E-state index contributed by atoms with van der Waals surface area (Å²) in [6.07, 6.45) is -0.0878. The van der Waals surface area contributed by atoms with Gasteiger partial charge in [0.25, 0.3) is 0 Å². The molecule has 0 unspecified atom stereocenters. The SMILES string of the molecule is CCN(C1CNC1)S(=O)(=O)CCC(=O)OC. The molecule has 0 spiro atoms. The first-order valence-corrected chi connectivity index (χ1v) is 6.89. The van der Waals surface area contributed by atoms with Crippen molar-refractivity contribution in [3.8, 4) is 0 Å². The van der Waals surface area contributed by atoms with Crippen LogP contribution in [0.5, 0.6) is 0 Å². The van der Waals surface area contributed by atoms with Crippen LogP contribution < -0.4 is 5.32 Å². The summed E-state index contributed by atoms with van der Waals surface area (Å²) in [6.45, 7) is 3.61. The number of nitrogens with zero attached hydrogens (tertiary/aromatic N) is 1. The van der Waals surface area contributed by atoms with Crippen LogP contribution in [-0.2, 0) is 19.6 Å². The number of methoxy groups -OCH3 is 1. The number of nitrogens with one attached hydrogen (secondary N) is 1. The van der Waals surface area contributed by atoms with Gasteiger partial charge in [0.2, 0.25) is 10.0 Å². The molecule has 1 rings (SSSR count). The average molecular weight is 250 g/mol. The summed E-state index contributed by atoms with van der Waals surface area (Å²) in [5.74, 6) is -0.671. The fourth-order valence-corrected chi connectivity index (χ4v) is 3.25. The van der Waals surface area contributed by atoms with E-state index in [0.717, 1.165) is 0 Å². The van der Waals surface area contributed by atoms with Gasteiger partial charge in [-0.3, -0.25) is 4.79 Å². The molecule has 7 heteroatoms. The number of carbonyl (C=O) groups is 1. The number of likely N-dealkylation sites (N-methyl/N-ethyl adjacent to an activating group) is 1. The van der Waals surface area contributed by atoms with Crippen LogP contribution in [0.15, 0.2) is 0 Å². The first-order valence-electron chi connectivity index (χ1n) is 5.28. The zero-order chi connectivity index (χ0) is 12.2. The third-order valence-electron chi connectivity index (χ3n) is 2.63. The molecule has 0 aromatic heterocycles. The van der Waals surface area contributed by atoms with Crippen LogP contribution in [0.2, 0.25) is 0 Å². The van der Waals surface area contributed by atoms with Crippen LogP contribution in [0.3, 0.4) is 0 Å². The lowest BCUT2D eigenvalue weighted by molar-refractivity contribution is -0.140. The van der Waals surface area contributed by atoms with Crippen molar-refractivity contribution in [3.05, 3.63) is 0 Å². The summed E-state index contributed by atoms with van der Waals surface area (Å²) in [7, 11) is -2.09. The molecule has 0 aromatic rings. The predicted molar refractivity (Wildman–Crippen MR) is 59.5 cm³/mol. The molecule has 0 radical (unpaired) electrons. The number of hydrogen-bond donors (Lipinski definition) is 1. The van der Waals surface area contributed by atoms with Crippen LogP contribution in [0.4, 0.5) is 0 Å². The summed E-state index contributed by atoms with van der Waals surface area (Å²) in [6, 6.07) is 0.0349. The van der Waals surface area contributed by atoms with Gasteiger partial charge in [0, 0.05) is 25.7 Å². The molecule has 0 saturated carbocycles. The van der Waals surface area contributed by atoms with Crippen molar-refractivity contribution in [2.24, 2.45) is 0 Å². The highest BCUT2D eigenvalue weighted by atomic mass is 32.2. The van der Waals surface area contributed by atoms with Crippen molar-refractivity contribution in [3.63, 3.8) is 0 Å². The number of ether oxygens (including phenoxy) is 1. The van der Waals surface area contributed by atoms with E-state index in [9.17, 15) is 13.2 Å². The third-order valence-corrected chi connectivity index (χ3v) is 4.62. The molecule has 1 N–H and O–H groups in total. The van der Waals surface area contributed by atoms with E-state index in [1.807, 2.05) is 0 Å². The van der Waals surface area contributed by atoms with Gasteiger partial charge in [-0.2, -0.15) is 4.31 Å². The Hall–Kier alpha value is -0.660. The predicted octanol–water partition coefficient (Wildman–Crippen LogP) is -0.827. The number of sulfonamides is 1. The van der Waals surface area contributed by atoms with Gasteiger partial charge < -0.3 is 10.1 Å². The fraction of sp³-hybridized carbons (Fsp3) is 0.889. The van der Waals surface area contributed by atoms with Gasteiger partial charge in [-0.25, -0.2) is 8.42 Å². The Balaban J connectivity index is 2.56. The van der Waals surface area contributed by atoms with Crippen molar-refractivity contribution >= 4 is 16.0 Å². The lowest BCUT2D eigenvalue weighted by Crippen LogP contribution is -2.59. The Labute approximate surface area is 96.0 Å². The topological polar surface area (TPSA) is 75.7 Å². The number of carbonyl (C=O) groups excluding carboxylic acids is 1. The molecule has 1 saturated heterocycles. The van der Waals surface area contributed by atoms with Crippen molar-refractivity contribution in [1.82, 2.24) is 9.62 Å². The van der Waals surface area contributed by atoms with Crippen molar-refractivity contribution < 1.29 is 17.9 Å². The Morgan fingerprint density at radius 3 is 2.50 bits per heavy atom. The minimum atomic E-state index is -3.35. The largest absolute Gasteiger partial charge is 0.469 e. The second kappa shape index (κ2) is 5.60. The first kappa shape index (κ1) is 13.4. The van der Waals surface area contributed by atoms with Gasteiger partial charge in [0.15, 0.2) is 0 Å². The van der Waals surface area contributed by atoms with E-state index in [-0.39, 0.29) is 18.2 Å². The molecule has 16 heavy (non-hydrogen) atoms. The minimum absolute atomic E-state index is 0.0349. The molecule has 1 aliphatic rings. The van der Waals surface area contributed by atoms with Crippen LogP contribution in [0.25, 0.3) is 0 Å². The smallest absolute Gasteiger partial charge is 0.306 e. The first-order chi connectivity index (χ1) is 7.51. The van der Waals surface area contributed by atoms with E-state index >= 15 is 0 Å². The highest BCUT2D eigenvalue weighted by Crippen LogP contribution is 2.12. The molecular weight excluding hydrogens is 232 g/mol. The standard InChI is InChI=1S/C9H18N2O4S/c1-3-11(8-6-10-7-8)16(13,14)5-4-9(12)15-2/h8,10H,3-7H2,1-2H3. The molecule has 1 heterocycles. The molecule has 0 atom stereocenters. The molecule has 0 aromatic carbocycles. The Morgan fingerprint density at radius 2 is 2.12 bits per heavy atom. The fourth-order valence-electron chi connectivity index (χ4n) is 1.59. The number of rotatable bonds is 6. The van der Waals surface area contributed by atoms with Crippen molar-refractivity contribution in [2.45, 2.75) is 19.4 Å². The monoisotopic (exact) mass is 250 g/mol.